The topological polar surface area (TPSA) is 64.3 Å². The van der Waals surface area contributed by atoms with Crippen LogP contribution in [-0.2, 0) is 11.3 Å². The van der Waals surface area contributed by atoms with Gasteiger partial charge in [-0.05, 0) is 26.3 Å². The molecule has 0 fully saturated rings. The van der Waals surface area contributed by atoms with Crippen LogP contribution in [0.15, 0.2) is 0 Å². The number of nitrogens with two attached hydrogens (primary N) is 1. The Morgan fingerprint density at radius 1 is 1.35 bits per heavy atom. The van der Waals surface area contributed by atoms with Crippen molar-refractivity contribution >= 4 is 5.82 Å². The molecule has 1 aromatic heterocycles. The first-order chi connectivity index (χ1) is 8.02. The molecule has 0 bridgehead atoms. The predicted molar refractivity (Wildman–Crippen MR) is 69.1 cm³/mol. The molecule has 96 valence electrons. The number of rotatable bonds is 5. The van der Waals surface area contributed by atoms with Crippen molar-refractivity contribution in [2.45, 2.75) is 33.4 Å². The Kier molecular flexibility index (Phi) is 4.84. The molecule has 17 heavy (non-hydrogen) atoms. The second-order valence-electron chi connectivity index (χ2n) is 4.33. The third-order valence-electron chi connectivity index (χ3n) is 3.17. The number of ether oxygens (including phenoxy) is 1. The lowest BCUT2D eigenvalue weighted by molar-refractivity contribution is 0.183. The quantitative estimate of drug-likeness (QED) is 0.830. The van der Waals surface area contributed by atoms with Crippen molar-refractivity contribution in [2.24, 2.45) is 5.73 Å². The van der Waals surface area contributed by atoms with Crippen LogP contribution in [-0.4, -0.2) is 37.0 Å². The molecule has 1 rings (SSSR count). The lowest BCUT2D eigenvalue weighted by atomic mass is 10.1. The Morgan fingerprint density at radius 2 is 2.00 bits per heavy atom. The molecule has 0 amide bonds. The molecule has 1 unspecified atom stereocenters. The maximum absolute atomic E-state index is 5.81. The number of hydrogen-bond donors (Lipinski definition) is 1. The number of hydrogen-bond acceptors (Lipinski definition) is 5. The van der Waals surface area contributed by atoms with E-state index in [9.17, 15) is 0 Å². The van der Waals surface area contributed by atoms with Gasteiger partial charge in [0.15, 0.2) is 5.82 Å². The fraction of sp³-hybridized carbons (Fsp3) is 0.667. The summed E-state index contributed by atoms with van der Waals surface area (Å²) in [6, 6.07) is 0.238. The number of aromatic nitrogens is 2. The molecule has 0 aliphatic carbocycles. The Balaban J connectivity index is 3.09. The van der Waals surface area contributed by atoms with E-state index in [1.165, 1.54) is 0 Å². The van der Waals surface area contributed by atoms with Crippen LogP contribution in [0.2, 0.25) is 0 Å². The summed E-state index contributed by atoms with van der Waals surface area (Å²) in [5, 5.41) is 8.42. The largest absolute Gasteiger partial charge is 0.383 e. The molecule has 0 spiro atoms. The van der Waals surface area contributed by atoms with Crippen molar-refractivity contribution in [1.82, 2.24) is 10.2 Å². The minimum atomic E-state index is 0.238. The van der Waals surface area contributed by atoms with Gasteiger partial charge in [-0.3, -0.25) is 0 Å². The zero-order valence-corrected chi connectivity index (χ0v) is 11.3. The highest BCUT2D eigenvalue weighted by Gasteiger charge is 2.17. The fourth-order valence-electron chi connectivity index (χ4n) is 1.73. The van der Waals surface area contributed by atoms with Gasteiger partial charge in [0.05, 0.1) is 18.3 Å². The van der Waals surface area contributed by atoms with Gasteiger partial charge in [0, 0.05) is 26.3 Å². The second kappa shape index (κ2) is 5.93. The van der Waals surface area contributed by atoms with Crippen molar-refractivity contribution in [3.8, 4) is 0 Å². The lowest BCUT2D eigenvalue weighted by Gasteiger charge is -2.27. The van der Waals surface area contributed by atoms with Crippen LogP contribution in [0.25, 0.3) is 0 Å². The van der Waals surface area contributed by atoms with Crippen molar-refractivity contribution in [3.63, 3.8) is 0 Å². The number of methoxy groups -OCH3 is 1. The molecule has 1 heterocycles. The van der Waals surface area contributed by atoms with Gasteiger partial charge in [0.1, 0.15) is 0 Å². The smallest absolute Gasteiger partial charge is 0.156 e. The van der Waals surface area contributed by atoms with E-state index in [0.29, 0.717) is 13.2 Å². The first-order valence-corrected chi connectivity index (χ1v) is 5.77. The van der Waals surface area contributed by atoms with E-state index >= 15 is 0 Å². The normalized spacial score (nSPS) is 12.6. The highest BCUT2D eigenvalue weighted by molar-refractivity contribution is 5.50. The van der Waals surface area contributed by atoms with Crippen LogP contribution in [0.3, 0.4) is 0 Å². The van der Waals surface area contributed by atoms with Gasteiger partial charge < -0.3 is 15.4 Å². The summed E-state index contributed by atoms with van der Waals surface area (Å²) in [6.07, 6.45) is 0. The summed E-state index contributed by atoms with van der Waals surface area (Å²) in [7, 11) is 3.68. The number of anilines is 1. The molecule has 0 aliphatic heterocycles. The molecule has 1 aromatic rings. The monoisotopic (exact) mass is 238 g/mol. The Morgan fingerprint density at radius 3 is 2.53 bits per heavy atom. The molecular weight excluding hydrogens is 216 g/mol. The summed E-state index contributed by atoms with van der Waals surface area (Å²) in [6.45, 7) is 7.19. The van der Waals surface area contributed by atoms with Gasteiger partial charge in [-0.1, -0.05) is 0 Å². The van der Waals surface area contributed by atoms with Crippen LogP contribution in [0.5, 0.6) is 0 Å². The average molecular weight is 238 g/mol. The maximum Gasteiger partial charge on any atom is 0.156 e. The zero-order chi connectivity index (χ0) is 13.0. The minimum absolute atomic E-state index is 0.238. The van der Waals surface area contributed by atoms with E-state index in [0.717, 1.165) is 22.6 Å². The minimum Gasteiger partial charge on any atom is -0.383 e. The Labute approximate surface area is 103 Å². The first-order valence-electron chi connectivity index (χ1n) is 5.77. The van der Waals surface area contributed by atoms with Gasteiger partial charge in [-0.25, -0.2) is 0 Å². The molecule has 0 saturated carbocycles. The van der Waals surface area contributed by atoms with E-state index in [1.54, 1.807) is 7.11 Å². The molecule has 2 N–H and O–H groups in total. The second-order valence-corrected chi connectivity index (χ2v) is 4.33. The summed E-state index contributed by atoms with van der Waals surface area (Å²) >= 11 is 0. The number of nitrogens with zero attached hydrogens (tertiary/aromatic N) is 3. The first kappa shape index (κ1) is 13.9. The number of likely N-dealkylation sites (N-methyl/N-ethyl adjacent to an activating group) is 1. The molecule has 5 nitrogen and oxygen atoms in total. The fourth-order valence-corrected chi connectivity index (χ4v) is 1.73. The van der Waals surface area contributed by atoms with Gasteiger partial charge in [0.25, 0.3) is 0 Å². The molecule has 0 saturated heterocycles. The summed E-state index contributed by atoms with van der Waals surface area (Å²) < 4.78 is 5.15. The van der Waals surface area contributed by atoms with Crippen LogP contribution >= 0.6 is 0 Å². The molecular formula is C12H22N4O. The molecule has 1 atom stereocenters. The summed E-state index contributed by atoms with van der Waals surface area (Å²) in [5.74, 6) is 0.847. The molecule has 0 aromatic carbocycles. The van der Waals surface area contributed by atoms with Crippen LogP contribution < -0.4 is 10.6 Å². The van der Waals surface area contributed by atoms with Crippen LogP contribution in [0, 0.1) is 13.8 Å². The average Bonchev–Trinajstić information content (AvgIpc) is 2.31. The van der Waals surface area contributed by atoms with Gasteiger partial charge in [-0.15, -0.1) is 5.10 Å². The highest BCUT2D eigenvalue weighted by Crippen LogP contribution is 2.22. The van der Waals surface area contributed by atoms with E-state index in [1.807, 2.05) is 20.9 Å². The van der Waals surface area contributed by atoms with Gasteiger partial charge >= 0.3 is 0 Å². The molecule has 0 radical (unpaired) electrons. The lowest BCUT2D eigenvalue weighted by Crippen LogP contribution is -2.34. The highest BCUT2D eigenvalue weighted by atomic mass is 16.5. The van der Waals surface area contributed by atoms with Gasteiger partial charge in [0.2, 0.25) is 0 Å². The van der Waals surface area contributed by atoms with E-state index in [-0.39, 0.29) is 6.04 Å². The third kappa shape index (κ3) is 2.92. The van der Waals surface area contributed by atoms with Crippen LogP contribution in [0.4, 0.5) is 5.82 Å². The molecule has 0 aliphatic rings. The Bertz CT molecular complexity index is 381. The standard InChI is InChI=1S/C12H22N4O/c1-8(7-17-5)16(4)12-11(6-13)9(2)10(3)14-15-12/h8H,6-7,13H2,1-5H3. The van der Waals surface area contributed by atoms with Crippen molar-refractivity contribution in [3.05, 3.63) is 16.8 Å². The van der Waals surface area contributed by atoms with Crippen molar-refractivity contribution in [1.29, 1.82) is 0 Å². The Hall–Kier alpha value is -1.20. The third-order valence-corrected chi connectivity index (χ3v) is 3.17. The maximum atomic E-state index is 5.81. The summed E-state index contributed by atoms with van der Waals surface area (Å²) in [4.78, 5) is 2.06. The van der Waals surface area contributed by atoms with E-state index < -0.39 is 0 Å². The van der Waals surface area contributed by atoms with Crippen molar-refractivity contribution in [2.75, 3.05) is 25.7 Å². The predicted octanol–water partition coefficient (Wildman–Crippen LogP) is 1.02. The van der Waals surface area contributed by atoms with E-state index in [4.69, 9.17) is 10.5 Å². The van der Waals surface area contributed by atoms with Crippen LogP contribution in [0.1, 0.15) is 23.7 Å². The van der Waals surface area contributed by atoms with Gasteiger partial charge in [-0.2, -0.15) is 5.10 Å². The summed E-state index contributed by atoms with van der Waals surface area (Å²) in [5.41, 5.74) is 8.92. The molecule has 5 heteroatoms. The SMILES string of the molecule is COCC(C)N(C)c1nnc(C)c(C)c1CN. The number of aryl methyl sites for hydroxylation is 1. The zero-order valence-electron chi connectivity index (χ0n) is 11.3. The van der Waals surface area contributed by atoms with Crippen molar-refractivity contribution < 1.29 is 4.74 Å². The van der Waals surface area contributed by atoms with E-state index in [2.05, 4.69) is 22.0 Å².